The highest BCUT2D eigenvalue weighted by Gasteiger charge is 2.43. The Labute approximate surface area is 176 Å². The maximum atomic E-state index is 13.3. The van der Waals surface area contributed by atoms with Crippen molar-refractivity contribution in [2.75, 3.05) is 13.1 Å². The van der Waals surface area contributed by atoms with Gasteiger partial charge in [-0.1, -0.05) is 30.3 Å². The highest BCUT2D eigenvalue weighted by atomic mass is 32.2. The van der Waals surface area contributed by atoms with E-state index in [0.717, 1.165) is 31.5 Å². The largest absolute Gasteiger partial charge is 0.461 e. The summed E-state index contributed by atoms with van der Waals surface area (Å²) in [6.07, 6.45) is 4.85. The number of thioether (sulfide) groups is 1. The fraction of sp³-hybridized carbons (Fsp3) is 0.350. The van der Waals surface area contributed by atoms with Gasteiger partial charge >= 0.3 is 0 Å². The van der Waals surface area contributed by atoms with Crippen molar-refractivity contribution in [3.63, 3.8) is 0 Å². The molecule has 0 N–H and O–H groups in total. The van der Waals surface area contributed by atoms with Gasteiger partial charge < -0.3 is 4.42 Å². The van der Waals surface area contributed by atoms with E-state index in [-0.39, 0.29) is 17.6 Å². The SMILES string of the molecule is O=C1C(C(c2ccc([N+](=O)[O-])cc2)N2CCCCC2)Sc2nc(-c3ccco3)nn21. The van der Waals surface area contributed by atoms with Crippen LogP contribution in [0, 0.1) is 10.1 Å². The third-order valence-electron chi connectivity index (χ3n) is 5.52. The summed E-state index contributed by atoms with van der Waals surface area (Å²) in [5, 5.41) is 15.5. The fourth-order valence-electron chi connectivity index (χ4n) is 4.08. The lowest BCUT2D eigenvalue weighted by atomic mass is 9.98. The third-order valence-corrected chi connectivity index (χ3v) is 6.71. The van der Waals surface area contributed by atoms with E-state index in [1.165, 1.54) is 35.0 Å². The van der Waals surface area contributed by atoms with Crippen LogP contribution >= 0.6 is 11.8 Å². The molecule has 10 heteroatoms. The van der Waals surface area contributed by atoms with Crippen molar-refractivity contribution in [1.29, 1.82) is 0 Å². The highest BCUT2D eigenvalue weighted by Crippen LogP contribution is 2.42. The summed E-state index contributed by atoms with van der Waals surface area (Å²) in [6, 6.07) is 9.83. The van der Waals surface area contributed by atoms with E-state index in [9.17, 15) is 14.9 Å². The molecular formula is C20H19N5O4S. The Morgan fingerprint density at radius 2 is 1.93 bits per heavy atom. The highest BCUT2D eigenvalue weighted by molar-refractivity contribution is 8.00. The molecule has 4 heterocycles. The van der Waals surface area contributed by atoms with Crippen molar-refractivity contribution in [3.8, 4) is 11.6 Å². The molecule has 1 saturated heterocycles. The van der Waals surface area contributed by atoms with Crippen LogP contribution in [0.15, 0.2) is 52.2 Å². The number of nitro groups is 1. The van der Waals surface area contributed by atoms with E-state index >= 15 is 0 Å². The number of aromatic nitrogens is 3. The summed E-state index contributed by atoms with van der Waals surface area (Å²) in [6.45, 7) is 1.78. The van der Waals surface area contributed by atoms with E-state index in [1.807, 2.05) is 0 Å². The standard InChI is InChI=1S/C20H19N5O4S/c26-19-17(30-20-21-18(22-24(19)20)15-5-4-12-29-15)16(23-10-2-1-3-11-23)13-6-8-14(9-7-13)25(27)28/h4-9,12,16-17H,1-3,10-11H2. The van der Waals surface area contributed by atoms with Gasteiger partial charge in [-0.15, -0.1) is 5.10 Å². The zero-order chi connectivity index (χ0) is 20.7. The molecule has 0 spiro atoms. The van der Waals surface area contributed by atoms with E-state index in [1.54, 1.807) is 30.5 Å². The second-order valence-electron chi connectivity index (χ2n) is 7.37. The van der Waals surface area contributed by atoms with Crippen LogP contribution in [0.4, 0.5) is 5.69 Å². The number of nitrogens with zero attached hydrogens (tertiary/aromatic N) is 5. The first-order valence-corrected chi connectivity index (χ1v) is 10.7. The van der Waals surface area contributed by atoms with Crippen LogP contribution in [0.3, 0.4) is 0 Å². The van der Waals surface area contributed by atoms with Gasteiger partial charge in [0.15, 0.2) is 10.9 Å². The number of nitro benzene ring substituents is 1. The first-order chi connectivity index (χ1) is 14.6. The lowest BCUT2D eigenvalue weighted by Gasteiger charge is -2.36. The van der Waals surface area contributed by atoms with Crippen molar-refractivity contribution >= 4 is 23.4 Å². The Balaban J connectivity index is 1.47. The minimum absolute atomic E-state index is 0.0410. The fourth-order valence-corrected chi connectivity index (χ4v) is 5.33. The third kappa shape index (κ3) is 3.31. The van der Waals surface area contributed by atoms with Gasteiger partial charge in [-0.05, 0) is 43.6 Å². The zero-order valence-corrected chi connectivity index (χ0v) is 16.8. The lowest BCUT2D eigenvalue weighted by molar-refractivity contribution is -0.384. The van der Waals surface area contributed by atoms with Gasteiger partial charge in [-0.3, -0.25) is 19.8 Å². The van der Waals surface area contributed by atoms with Crippen LogP contribution < -0.4 is 0 Å². The number of likely N-dealkylation sites (tertiary alicyclic amines) is 1. The van der Waals surface area contributed by atoms with E-state index in [0.29, 0.717) is 16.7 Å². The molecule has 154 valence electrons. The van der Waals surface area contributed by atoms with Gasteiger partial charge in [0, 0.05) is 12.1 Å². The number of non-ortho nitro benzene ring substituents is 1. The summed E-state index contributed by atoms with van der Waals surface area (Å²) >= 11 is 1.39. The number of hydrogen-bond donors (Lipinski definition) is 0. The molecule has 2 aliphatic rings. The molecule has 1 aromatic carbocycles. The predicted octanol–water partition coefficient (Wildman–Crippen LogP) is 3.79. The number of carbonyl (C=O) groups is 1. The van der Waals surface area contributed by atoms with Crippen LogP contribution in [0.1, 0.15) is 35.7 Å². The van der Waals surface area contributed by atoms with Crippen molar-refractivity contribution < 1.29 is 14.1 Å². The molecule has 0 saturated carbocycles. The predicted molar refractivity (Wildman–Crippen MR) is 109 cm³/mol. The molecule has 2 aliphatic heterocycles. The smallest absolute Gasteiger partial charge is 0.269 e. The zero-order valence-electron chi connectivity index (χ0n) is 16.0. The quantitative estimate of drug-likeness (QED) is 0.449. The first-order valence-electron chi connectivity index (χ1n) is 9.82. The van der Waals surface area contributed by atoms with Crippen LogP contribution in [0.5, 0.6) is 0 Å². The molecule has 0 bridgehead atoms. The molecule has 0 amide bonds. The number of furan rings is 1. The molecule has 5 rings (SSSR count). The molecule has 0 aliphatic carbocycles. The van der Waals surface area contributed by atoms with Gasteiger partial charge in [0.1, 0.15) is 5.25 Å². The van der Waals surface area contributed by atoms with Gasteiger partial charge in [-0.2, -0.15) is 9.67 Å². The summed E-state index contributed by atoms with van der Waals surface area (Å²) in [5.74, 6) is 0.776. The molecule has 30 heavy (non-hydrogen) atoms. The molecule has 2 aromatic heterocycles. The van der Waals surface area contributed by atoms with Crippen LogP contribution in [0.25, 0.3) is 11.6 Å². The van der Waals surface area contributed by atoms with Crippen LogP contribution in [-0.2, 0) is 0 Å². The Morgan fingerprint density at radius 1 is 1.17 bits per heavy atom. The van der Waals surface area contributed by atoms with E-state index in [4.69, 9.17) is 4.42 Å². The molecule has 0 radical (unpaired) electrons. The maximum Gasteiger partial charge on any atom is 0.269 e. The normalized spacial score (nSPS) is 20.3. The number of fused-ring (bicyclic) bond motifs is 1. The lowest BCUT2D eigenvalue weighted by Crippen LogP contribution is -2.41. The molecule has 2 atom stereocenters. The number of rotatable bonds is 5. The Bertz CT molecular complexity index is 1070. The molecule has 2 unspecified atom stereocenters. The van der Waals surface area contributed by atoms with Gasteiger partial charge in [0.25, 0.3) is 11.6 Å². The van der Waals surface area contributed by atoms with E-state index < -0.39 is 10.2 Å². The summed E-state index contributed by atoms with van der Waals surface area (Å²) in [5.41, 5.74) is 0.935. The summed E-state index contributed by atoms with van der Waals surface area (Å²) in [7, 11) is 0. The molecule has 1 fully saturated rings. The topological polar surface area (TPSA) is 107 Å². The number of piperidine rings is 1. The Kier molecular flexibility index (Phi) is 4.87. The second kappa shape index (κ2) is 7.69. The van der Waals surface area contributed by atoms with Crippen molar-refractivity contribution in [2.45, 2.75) is 35.7 Å². The monoisotopic (exact) mass is 425 g/mol. The van der Waals surface area contributed by atoms with Crippen LogP contribution in [-0.4, -0.2) is 48.8 Å². The van der Waals surface area contributed by atoms with Crippen molar-refractivity contribution in [1.82, 2.24) is 19.7 Å². The minimum atomic E-state index is -0.412. The number of carbonyl (C=O) groups excluding carboxylic acids is 1. The maximum absolute atomic E-state index is 13.3. The van der Waals surface area contributed by atoms with Gasteiger partial charge in [0.2, 0.25) is 5.82 Å². The summed E-state index contributed by atoms with van der Waals surface area (Å²) in [4.78, 5) is 30.7. The Hall–Kier alpha value is -2.98. The minimum Gasteiger partial charge on any atom is -0.461 e. The molecular weight excluding hydrogens is 406 g/mol. The average Bonchev–Trinajstić information content (AvgIpc) is 3.49. The number of hydrogen-bond acceptors (Lipinski definition) is 8. The summed E-state index contributed by atoms with van der Waals surface area (Å²) < 4.78 is 6.70. The van der Waals surface area contributed by atoms with Crippen molar-refractivity contribution in [2.24, 2.45) is 0 Å². The average molecular weight is 425 g/mol. The van der Waals surface area contributed by atoms with Gasteiger partial charge in [-0.25, -0.2) is 0 Å². The molecule has 3 aromatic rings. The Morgan fingerprint density at radius 3 is 2.57 bits per heavy atom. The van der Waals surface area contributed by atoms with E-state index in [2.05, 4.69) is 15.0 Å². The van der Waals surface area contributed by atoms with Crippen LogP contribution in [0.2, 0.25) is 0 Å². The van der Waals surface area contributed by atoms with Gasteiger partial charge in [0.05, 0.1) is 17.2 Å². The first kappa shape index (κ1) is 19.0. The molecule has 9 nitrogen and oxygen atoms in total. The number of benzene rings is 1. The second-order valence-corrected chi connectivity index (χ2v) is 8.48. The van der Waals surface area contributed by atoms with Crippen molar-refractivity contribution in [3.05, 3.63) is 58.3 Å².